The summed E-state index contributed by atoms with van der Waals surface area (Å²) in [6, 6.07) is 0. The standard InChI is InChI=1S/C4BN4/c1-9-5(2-6,3-7)4-8/q-1. The van der Waals surface area contributed by atoms with Gasteiger partial charge in [0, 0.05) is 0 Å². The molecule has 0 heterocycles. The Labute approximate surface area is 52.3 Å². The van der Waals surface area contributed by atoms with Crippen molar-refractivity contribution in [2.24, 2.45) is 0 Å². The lowest BCUT2D eigenvalue weighted by Gasteiger charge is -1.94. The van der Waals surface area contributed by atoms with Gasteiger partial charge in [0.15, 0.2) is 0 Å². The van der Waals surface area contributed by atoms with E-state index in [0.29, 0.717) is 0 Å². The van der Waals surface area contributed by atoms with Crippen LogP contribution in [-0.2, 0) is 0 Å². The Hall–Kier alpha value is -1.98. The van der Waals surface area contributed by atoms with Crippen LogP contribution in [0.5, 0.6) is 0 Å². The van der Waals surface area contributed by atoms with Crippen LogP contribution in [0.25, 0.3) is 4.76 Å². The molecule has 0 aliphatic heterocycles. The lowest BCUT2D eigenvalue weighted by atomic mass is 9.41. The summed E-state index contributed by atoms with van der Waals surface area (Å²) < 4.78 is 2.60. The lowest BCUT2D eigenvalue weighted by molar-refractivity contribution is 1.51. The Balaban J connectivity index is 4.84. The Morgan fingerprint density at radius 3 is 1.44 bits per heavy atom. The van der Waals surface area contributed by atoms with Gasteiger partial charge in [-0.2, -0.15) is 0 Å². The highest BCUT2D eigenvalue weighted by molar-refractivity contribution is 7.02. The molecule has 0 aliphatic rings. The van der Waals surface area contributed by atoms with Crippen LogP contribution in [0.1, 0.15) is 0 Å². The summed E-state index contributed by atoms with van der Waals surface area (Å²) in [7, 11) is 0. The monoisotopic (exact) mass is 115 g/mol. The minimum Gasteiger partial charge on any atom is -0.534 e. The van der Waals surface area contributed by atoms with Crippen LogP contribution in [-0.4, -0.2) is 6.28 Å². The lowest BCUT2D eigenvalue weighted by Crippen LogP contribution is -2.24. The molecule has 0 aliphatic carbocycles. The predicted molar refractivity (Wildman–Crippen MR) is 29.2 cm³/mol. The predicted octanol–water partition coefficient (Wildman–Crippen LogP) is 0.0395. The van der Waals surface area contributed by atoms with Gasteiger partial charge in [0.25, 0.3) is 0 Å². The molecule has 0 rings (SSSR count). The maximum atomic E-state index is 8.10. The number of hydrogen-bond donors (Lipinski definition) is 0. The Morgan fingerprint density at radius 1 is 1.11 bits per heavy atom. The van der Waals surface area contributed by atoms with Crippen molar-refractivity contribution >= 4 is 6.28 Å². The third-order valence-electron chi connectivity index (χ3n) is 0.754. The van der Waals surface area contributed by atoms with Crippen molar-refractivity contribution in [3.63, 3.8) is 0 Å². The van der Waals surface area contributed by atoms with E-state index in [1.807, 2.05) is 0 Å². The maximum absolute atomic E-state index is 8.10. The molecular formula is C4BN4-. The van der Waals surface area contributed by atoms with Gasteiger partial charge in [-0.1, -0.05) is 0 Å². The van der Waals surface area contributed by atoms with Crippen LogP contribution in [0, 0.1) is 40.3 Å². The molecular weight excluding hydrogens is 115 g/mol. The molecule has 4 nitrogen and oxygen atoms in total. The normalized spacial score (nSPS) is 7.56. The molecule has 0 unspecified atom stereocenters. The third-order valence-corrected chi connectivity index (χ3v) is 0.754. The molecule has 9 heavy (non-hydrogen) atoms. The molecule has 0 radical (unpaired) electrons. The minimum absolute atomic E-state index is 1.35. The third kappa shape index (κ3) is 0.971. The molecule has 40 valence electrons. The van der Waals surface area contributed by atoms with E-state index in [9.17, 15) is 0 Å². The van der Waals surface area contributed by atoms with Crippen molar-refractivity contribution in [2.45, 2.75) is 0 Å². The largest absolute Gasteiger partial charge is 0.626 e. The summed E-state index contributed by atoms with van der Waals surface area (Å²) in [4.78, 5) is 0. The summed E-state index contributed by atoms with van der Waals surface area (Å²) in [5.41, 5.74) is 0. The van der Waals surface area contributed by atoms with Crippen molar-refractivity contribution in [3.8, 4) is 17.9 Å². The molecule has 0 saturated heterocycles. The zero-order valence-corrected chi connectivity index (χ0v) is 4.37. The summed E-state index contributed by atoms with van der Waals surface area (Å²) >= 11 is 0. The van der Waals surface area contributed by atoms with Crippen molar-refractivity contribution < 1.29 is 0 Å². The summed E-state index contributed by atoms with van der Waals surface area (Å²) in [5.74, 6) is 4.05. The van der Waals surface area contributed by atoms with Gasteiger partial charge >= 0.3 is 6.28 Å². The molecule has 0 fully saturated rings. The van der Waals surface area contributed by atoms with E-state index in [2.05, 4.69) is 4.76 Å². The van der Waals surface area contributed by atoms with Gasteiger partial charge in [-0.3, -0.25) is 0 Å². The minimum atomic E-state index is -2.74. The quantitative estimate of drug-likeness (QED) is 0.330. The molecule has 0 bridgehead atoms. The molecule has 0 amide bonds. The van der Waals surface area contributed by atoms with Crippen LogP contribution >= 0.6 is 0 Å². The maximum Gasteiger partial charge on any atom is 0.626 e. The van der Waals surface area contributed by atoms with E-state index in [4.69, 9.17) is 22.4 Å². The first kappa shape index (κ1) is 7.02. The molecule has 0 aromatic rings. The van der Waals surface area contributed by atoms with Crippen LogP contribution in [0.3, 0.4) is 0 Å². The second kappa shape index (κ2) is 2.36. The fourth-order valence-electron chi connectivity index (χ4n) is 0.173. The molecule has 0 saturated carbocycles. The zero-order chi connectivity index (χ0) is 7.33. The first-order valence-corrected chi connectivity index (χ1v) is 2.02. The Bertz CT molecular complexity index is 205. The van der Waals surface area contributed by atoms with Crippen LogP contribution in [0.15, 0.2) is 0 Å². The van der Waals surface area contributed by atoms with E-state index < -0.39 is 6.28 Å². The highest BCUT2D eigenvalue weighted by atomic mass is 14.6. The van der Waals surface area contributed by atoms with Crippen molar-refractivity contribution in [1.29, 1.82) is 15.8 Å². The Kier molecular flexibility index (Phi) is 1.84. The van der Waals surface area contributed by atoms with Crippen LogP contribution in [0.4, 0.5) is 0 Å². The highest BCUT2D eigenvalue weighted by Crippen LogP contribution is 1.97. The second-order valence-corrected chi connectivity index (χ2v) is 1.34. The molecule has 5 heteroatoms. The van der Waals surface area contributed by atoms with E-state index in [-0.39, 0.29) is 0 Å². The van der Waals surface area contributed by atoms with Gasteiger partial charge in [-0.05, 0) is 17.9 Å². The van der Waals surface area contributed by atoms with Gasteiger partial charge in [-0.25, -0.2) is 15.8 Å². The Morgan fingerprint density at radius 2 is 1.44 bits per heavy atom. The topological polar surface area (TPSA) is 75.7 Å². The number of hydrogen-bond acceptors (Lipinski definition) is 3. The average molecular weight is 115 g/mol. The van der Waals surface area contributed by atoms with E-state index in [1.165, 1.54) is 17.9 Å². The summed E-state index contributed by atoms with van der Waals surface area (Å²) in [6.45, 7) is 6.29. The fourth-order valence-corrected chi connectivity index (χ4v) is 0.173. The summed E-state index contributed by atoms with van der Waals surface area (Å²) in [6.07, 6.45) is -2.74. The average Bonchev–Trinajstić information content (AvgIpc) is 1.95. The van der Waals surface area contributed by atoms with E-state index in [0.717, 1.165) is 0 Å². The van der Waals surface area contributed by atoms with Gasteiger partial charge in [0.05, 0.1) is 0 Å². The van der Waals surface area contributed by atoms with Crippen molar-refractivity contribution in [3.05, 3.63) is 11.3 Å². The number of nitriles is 3. The number of rotatable bonds is 0. The molecule has 0 aromatic carbocycles. The van der Waals surface area contributed by atoms with Gasteiger partial charge in [0.2, 0.25) is 0 Å². The van der Waals surface area contributed by atoms with E-state index >= 15 is 0 Å². The summed E-state index contributed by atoms with van der Waals surface area (Å²) in [5, 5.41) is 24.3. The fraction of sp³-hybridized carbons (Fsp3) is 0. The zero-order valence-electron chi connectivity index (χ0n) is 4.37. The second-order valence-electron chi connectivity index (χ2n) is 1.34. The SMILES string of the molecule is [C-]#[N+][B-](C#N)(C#N)C#N. The number of nitrogens with zero attached hydrogens (tertiary/aromatic N) is 4. The van der Waals surface area contributed by atoms with Crippen LogP contribution in [0.2, 0.25) is 0 Å². The van der Waals surface area contributed by atoms with Gasteiger partial charge in [0.1, 0.15) is 0 Å². The van der Waals surface area contributed by atoms with Gasteiger partial charge in [-0.15, -0.1) is 0 Å². The van der Waals surface area contributed by atoms with Crippen LogP contribution < -0.4 is 0 Å². The first-order chi connectivity index (χ1) is 4.24. The molecule has 0 atom stereocenters. The van der Waals surface area contributed by atoms with E-state index in [1.54, 1.807) is 0 Å². The first-order valence-electron chi connectivity index (χ1n) is 2.02. The molecule has 0 N–H and O–H groups in total. The molecule has 0 aromatic heterocycles. The molecule has 0 spiro atoms. The van der Waals surface area contributed by atoms with Crippen molar-refractivity contribution in [1.82, 2.24) is 0 Å². The van der Waals surface area contributed by atoms with Crippen molar-refractivity contribution in [2.75, 3.05) is 0 Å². The highest BCUT2D eigenvalue weighted by Gasteiger charge is 2.34. The smallest absolute Gasteiger partial charge is 0.534 e. The van der Waals surface area contributed by atoms with Gasteiger partial charge < -0.3 is 11.3 Å².